The molecule has 0 aliphatic rings. The van der Waals surface area contributed by atoms with Crippen LogP contribution in [0.5, 0.6) is 5.75 Å². The molecule has 2 aromatic carbocycles. The molecule has 0 fully saturated rings. The van der Waals surface area contributed by atoms with E-state index < -0.39 is 0 Å². The minimum Gasteiger partial charge on any atom is -0.508 e. The first kappa shape index (κ1) is 12.3. The van der Waals surface area contributed by atoms with Gasteiger partial charge in [0.1, 0.15) is 5.75 Å². The molecule has 4 heteroatoms. The third-order valence-electron chi connectivity index (χ3n) is 2.33. The van der Waals surface area contributed by atoms with Crippen LogP contribution >= 0.6 is 11.6 Å². The molecule has 0 aliphatic carbocycles. The van der Waals surface area contributed by atoms with E-state index in [9.17, 15) is 5.11 Å². The van der Waals surface area contributed by atoms with Crippen molar-refractivity contribution < 1.29 is 5.11 Å². The van der Waals surface area contributed by atoms with Crippen LogP contribution in [0, 0.1) is 0 Å². The highest BCUT2D eigenvalue weighted by Gasteiger charge is 1.99. The second-order valence-electron chi connectivity index (χ2n) is 3.62. The van der Waals surface area contributed by atoms with Crippen LogP contribution in [0.15, 0.2) is 59.3 Å². The first-order chi connectivity index (χ1) is 8.69. The Hall–Kier alpha value is -2.13. The Kier molecular flexibility index (Phi) is 3.75. The van der Waals surface area contributed by atoms with Crippen molar-refractivity contribution in [1.29, 1.82) is 0 Å². The van der Waals surface area contributed by atoms with E-state index in [1.807, 2.05) is 0 Å². The summed E-state index contributed by atoms with van der Waals surface area (Å²) in [6, 6.07) is 11.9. The zero-order valence-electron chi connectivity index (χ0n) is 9.55. The van der Waals surface area contributed by atoms with Crippen LogP contribution in [-0.4, -0.2) is 5.11 Å². The monoisotopic (exact) mass is 258 g/mol. The minimum atomic E-state index is 0.176. The van der Waals surface area contributed by atoms with E-state index in [0.29, 0.717) is 16.4 Å². The van der Waals surface area contributed by atoms with Crippen molar-refractivity contribution in [1.82, 2.24) is 0 Å². The molecule has 2 aromatic rings. The largest absolute Gasteiger partial charge is 0.508 e. The fraction of sp³-hybridized carbons (Fsp3) is 0. The Labute approximate surface area is 110 Å². The molecule has 0 aromatic heterocycles. The first-order valence-electron chi connectivity index (χ1n) is 5.32. The number of nitrogens with zero attached hydrogens (tertiary/aromatic N) is 2. The standard InChI is InChI=1S/C14H11ClN2O/c1-2-10-9-13(18)7-8-14(10)17-16-12-5-3-11(15)4-6-12/h2-9,18H,1H2. The molecular formula is C14H11ClN2O. The number of phenolic OH excluding ortho intramolecular Hbond substituents is 1. The van der Waals surface area contributed by atoms with Gasteiger partial charge < -0.3 is 5.11 Å². The molecule has 0 unspecified atom stereocenters. The lowest BCUT2D eigenvalue weighted by Gasteiger charge is -2.00. The summed E-state index contributed by atoms with van der Waals surface area (Å²) in [6.45, 7) is 3.67. The summed E-state index contributed by atoms with van der Waals surface area (Å²) in [5.74, 6) is 0.176. The van der Waals surface area contributed by atoms with E-state index in [0.717, 1.165) is 5.56 Å². The van der Waals surface area contributed by atoms with E-state index in [1.165, 1.54) is 0 Å². The predicted molar refractivity (Wildman–Crippen MR) is 73.8 cm³/mol. The van der Waals surface area contributed by atoms with Crippen LogP contribution in [0.3, 0.4) is 0 Å². The average molecular weight is 259 g/mol. The van der Waals surface area contributed by atoms with Gasteiger partial charge in [-0.3, -0.25) is 0 Å². The summed E-state index contributed by atoms with van der Waals surface area (Å²) in [5, 5.41) is 18.2. The summed E-state index contributed by atoms with van der Waals surface area (Å²) in [4.78, 5) is 0. The molecule has 0 spiro atoms. The van der Waals surface area contributed by atoms with Crippen LogP contribution in [0.2, 0.25) is 5.02 Å². The van der Waals surface area contributed by atoms with Gasteiger partial charge in [-0.25, -0.2) is 0 Å². The fourth-order valence-corrected chi connectivity index (χ4v) is 1.54. The summed E-state index contributed by atoms with van der Waals surface area (Å²) in [6.07, 6.45) is 1.62. The molecule has 0 radical (unpaired) electrons. The summed E-state index contributed by atoms with van der Waals surface area (Å²) < 4.78 is 0. The Morgan fingerprint density at radius 2 is 1.78 bits per heavy atom. The number of hydrogen-bond acceptors (Lipinski definition) is 3. The summed E-state index contributed by atoms with van der Waals surface area (Å²) >= 11 is 5.78. The van der Waals surface area contributed by atoms with Gasteiger partial charge in [-0.05, 0) is 42.5 Å². The van der Waals surface area contributed by atoms with Gasteiger partial charge in [0.2, 0.25) is 0 Å². The lowest BCUT2D eigenvalue weighted by molar-refractivity contribution is 0.475. The Bertz CT molecular complexity index is 591. The molecule has 2 rings (SSSR count). The molecule has 0 amide bonds. The van der Waals surface area contributed by atoms with Gasteiger partial charge in [-0.2, -0.15) is 5.11 Å². The van der Waals surface area contributed by atoms with Gasteiger partial charge in [0.05, 0.1) is 11.4 Å². The van der Waals surface area contributed by atoms with E-state index in [-0.39, 0.29) is 5.75 Å². The van der Waals surface area contributed by atoms with Gasteiger partial charge in [-0.15, -0.1) is 5.11 Å². The molecule has 0 atom stereocenters. The highest BCUT2D eigenvalue weighted by atomic mass is 35.5. The molecule has 0 saturated carbocycles. The van der Waals surface area contributed by atoms with E-state index in [2.05, 4.69) is 16.8 Å². The van der Waals surface area contributed by atoms with Gasteiger partial charge in [0.15, 0.2) is 0 Å². The highest BCUT2D eigenvalue weighted by Crippen LogP contribution is 2.27. The average Bonchev–Trinajstić information content (AvgIpc) is 2.39. The Morgan fingerprint density at radius 1 is 1.06 bits per heavy atom. The zero-order chi connectivity index (χ0) is 13.0. The zero-order valence-corrected chi connectivity index (χ0v) is 10.3. The van der Waals surface area contributed by atoms with Crippen molar-refractivity contribution in [3.05, 3.63) is 59.6 Å². The topological polar surface area (TPSA) is 45.0 Å². The maximum absolute atomic E-state index is 9.35. The number of phenols is 1. The molecule has 90 valence electrons. The first-order valence-corrected chi connectivity index (χ1v) is 5.69. The summed E-state index contributed by atoms with van der Waals surface area (Å²) in [7, 11) is 0. The molecule has 0 bridgehead atoms. The van der Waals surface area contributed by atoms with Crippen LogP contribution in [-0.2, 0) is 0 Å². The van der Waals surface area contributed by atoms with Crippen molar-refractivity contribution in [3.63, 3.8) is 0 Å². The number of hydrogen-bond donors (Lipinski definition) is 1. The Morgan fingerprint density at radius 3 is 2.44 bits per heavy atom. The number of aromatic hydroxyl groups is 1. The maximum Gasteiger partial charge on any atom is 0.116 e. The maximum atomic E-state index is 9.35. The molecule has 3 nitrogen and oxygen atoms in total. The van der Waals surface area contributed by atoms with E-state index in [1.54, 1.807) is 48.5 Å². The number of benzene rings is 2. The third-order valence-corrected chi connectivity index (χ3v) is 2.58. The third kappa shape index (κ3) is 2.96. The fourth-order valence-electron chi connectivity index (χ4n) is 1.42. The normalized spacial score (nSPS) is 10.7. The second kappa shape index (κ2) is 5.47. The van der Waals surface area contributed by atoms with Gasteiger partial charge in [-0.1, -0.05) is 24.3 Å². The predicted octanol–water partition coefficient (Wildman–Crippen LogP) is 5.10. The van der Waals surface area contributed by atoms with Gasteiger partial charge in [0, 0.05) is 10.6 Å². The molecule has 0 heterocycles. The lowest BCUT2D eigenvalue weighted by atomic mass is 10.2. The smallest absolute Gasteiger partial charge is 0.116 e. The minimum absolute atomic E-state index is 0.176. The van der Waals surface area contributed by atoms with Crippen LogP contribution in [0.4, 0.5) is 11.4 Å². The van der Waals surface area contributed by atoms with Crippen molar-refractivity contribution in [2.45, 2.75) is 0 Å². The van der Waals surface area contributed by atoms with E-state index >= 15 is 0 Å². The van der Waals surface area contributed by atoms with Crippen molar-refractivity contribution >= 4 is 29.1 Å². The highest BCUT2D eigenvalue weighted by molar-refractivity contribution is 6.30. The van der Waals surface area contributed by atoms with Crippen LogP contribution in [0.25, 0.3) is 6.08 Å². The van der Waals surface area contributed by atoms with E-state index in [4.69, 9.17) is 11.6 Å². The quantitative estimate of drug-likeness (QED) is 0.765. The van der Waals surface area contributed by atoms with Crippen molar-refractivity contribution in [2.24, 2.45) is 10.2 Å². The molecule has 0 saturated heterocycles. The molecule has 18 heavy (non-hydrogen) atoms. The second-order valence-corrected chi connectivity index (χ2v) is 4.06. The molecule has 0 aliphatic heterocycles. The van der Waals surface area contributed by atoms with Crippen molar-refractivity contribution in [2.75, 3.05) is 0 Å². The number of halogens is 1. The number of rotatable bonds is 3. The van der Waals surface area contributed by atoms with Crippen molar-refractivity contribution in [3.8, 4) is 5.75 Å². The number of azo groups is 1. The van der Waals surface area contributed by atoms with Gasteiger partial charge in [0.25, 0.3) is 0 Å². The summed E-state index contributed by atoms with van der Waals surface area (Å²) in [5.41, 5.74) is 2.09. The lowest BCUT2D eigenvalue weighted by Crippen LogP contribution is -1.73. The van der Waals surface area contributed by atoms with Crippen LogP contribution in [0.1, 0.15) is 5.56 Å². The van der Waals surface area contributed by atoms with Crippen LogP contribution < -0.4 is 0 Å². The molecule has 1 N–H and O–H groups in total. The Balaban J connectivity index is 2.28. The SMILES string of the molecule is C=Cc1cc(O)ccc1N=Nc1ccc(Cl)cc1. The van der Waals surface area contributed by atoms with Gasteiger partial charge >= 0.3 is 0 Å². The molecular weight excluding hydrogens is 248 g/mol.